The van der Waals surface area contributed by atoms with Gasteiger partial charge in [-0.2, -0.15) is 0 Å². The van der Waals surface area contributed by atoms with Crippen molar-refractivity contribution in [3.8, 4) is 0 Å². The van der Waals surface area contributed by atoms with Gasteiger partial charge in [-0.3, -0.25) is 9.59 Å². The lowest BCUT2D eigenvalue weighted by atomic mass is 9.48. The fourth-order valence-electron chi connectivity index (χ4n) is 6.52. The second-order valence-electron chi connectivity index (χ2n) is 8.97. The van der Waals surface area contributed by atoms with E-state index in [1.807, 2.05) is 13.0 Å². The summed E-state index contributed by atoms with van der Waals surface area (Å²) in [4.78, 5) is 25.5. The van der Waals surface area contributed by atoms with Crippen molar-refractivity contribution in [3.05, 3.63) is 11.6 Å². The third-order valence-electron chi connectivity index (χ3n) is 8.01. The summed E-state index contributed by atoms with van der Waals surface area (Å²) in [5.74, 6) is 1.48. The van der Waals surface area contributed by atoms with Gasteiger partial charge in [-0.15, -0.1) is 0 Å². The van der Waals surface area contributed by atoms with Gasteiger partial charge in [0.2, 0.25) is 0 Å². The van der Waals surface area contributed by atoms with Gasteiger partial charge < -0.3 is 4.74 Å². The van der Waals surface area contributed by atoms with Gasteiger partial charge in [0.15, 0.2) is 5.78 Å². The third kappa shape index (κ3) is 2.13. The maximum Gasteiger partial charge on any atom is 0.159 e. The summed E-state index contributed by atoms with van der Waals surface area (Å²) in [6, 6.07) is 0. The normalized spacial score (nSPS) is 47.7. The molecule has 0 aromatic carbocycles. The van der Waals surface area contributed by atoms with Gasteiger partial charge in [0.05, 0.1) is 6.10 Å². The summed E-state index contributed by atoms with van der Waals surface area (Å²) in [5, 5.41) is 0. The van der Waals surface area contributed by atoms with Gasteiger partial charge in [-0.25, -0.2) is 0 Å². The van der Waals surface area contributed by atoms with E-state index in [0.29, 0.717) is 23.9 Å². The highest BCUT2D eigenvalue weighted by atomic mass is 16.5. The molecule has 24 heavy (non-hydrogen) atoms. The summed E-state index contributed by atoms with van der Waals surface area (Å²) in [6.07, 6.45) is 8.97. The van der Waals surface area contributed by atoms with Crippen LogP contribution in [0.15, 0.2) is 11.6 Å². The number of ether oxygens (including phenoxy) is 1. The van der Waals surface area contributed by atoms with Crippen molar-refractivity contribution >= 4 is 11.6 Å². The molecule has 4 aliphatic carbocycles. The Kier molecular flexibility index (Phi) is 3.80. The Morgan fingerprint density at radius 1 is 1.08 bits per heavy atom. The Labute approximate surface area is 145 Å². The number of hydrogen-bond acceptors (Lipinski definition) is 3. The number of Topliss-reactive ketones (excluding diaryl/α,β-unsaturated/α-hetero) is 1. The van der Waals surface area contributed by atoms with Crippen molar-refractivity contribution in [1.82, 2.24) is 0 Å². The van der Waals surface area contributed by atoms with E-state index in [0.717, 1.165) is 45.1 Å². The number of hydrogen-bond donors (Lipinski definition) is 0. The Hall–Kier alpha value is -0.960. The molecule has 0 N–H and O–H groups in total. The second kappa shape index (κ2) is 5.52. The van der Waals surface area contributed by atoms with E-state index < -0.39 is 0 Å². The number of allylic oxidation sites excluding steroid dienone is 1. The predicted molar refractivity (Wildman–Crippen MR) is 92.5 cm³/mol. The maximum absolute atomic E-state index is 13.1. The van der Waals surface area contributed by atoms with Gasteiger partial charge in [0.1, 0.15) is 5.78 Å². The molecule has 3 nitrogen and oxygen atoms in total. The van der Waals surface area contributed by atoms with Crippen LogP contribution in [0.25, 0.3) is 0 Å². The molecule has 0 spiro atoms. The van der Waals surface area contributed by atoms with E-state index in [1.165, 1.54) is 5.57 Å². The molecule has 4 rings (SSSR count). The van der Waals surface area contributed by atoms with Crippen LogP contribution in [0.5, 0.6) is 0 Å². The topological polar surface area (TPSA) is 43.4 Å². The van der Waals surface area contributed by atoms with E-state index >= 15 is 0 Å². The highest BCUT2D eigenvalue weighted by Crippen LogP contribution is 2.63. The van der Waals surface area contributed by atoms with Crippen LogP contribution in [0.4, 0.5) is 0 Å². The first-order valence-corrected chi connectivity index (χ1v) is 9.80. The van der Waals surface area contributed by atoms with Crippen LogP contribution >= 0.6 is 0 Å². The van der Waals surface area contributed by atoms with Gasteiger partial charge >= 0.3 is 0 Å². The molecular formula is C21H30O3. The first-order chi connectivity index (χ1) is 11.4. The van der Waals surface area contributed by atoms with Crippen molar-refractivity contribution in [2.75, 3.05) is 6.61 Å². The van der Waals surface area contributed by atoms with Gasteiger partial charge in [-0.1, -0.05) is 19.4 Å². The number of rotatable bonds is 2. The summed E-state index contributed by atoms with van der Waals surface area (Å²) in [5.41, 5.74) is 1.23. The average molecular weight is 330 g/mol. The molecule has 0 aromatic rings. The Morgan fingerprint density at radius 3 is 2.54 bits per heavy atom. The van der Waals surface area contributed by atoms with Crippen molar-refractivity contribution in [1.29, 1.82) is 0 Å². The first-order valence-electron chi connectivity index (χ1n) is 9.80. The number of ketones is 2. The van der Waals surface area contributed by atoms with E-state index in [-0.39, 0.29) is 28.8 Å². The zero-order valence-corrected chi connectivity index (χ0v) is 15.3. The fourth-order valence-corrected chi connectivity index (χ4v) is 6.52. The zero-order chi connectivity index (χ0) is 17.1. The van der Waals surface area contributed by atoms with E-state index in [1.54, 1.807) is 0 Å². The van der Waals surface area contributed by atoms with Crippen LogP contribution < -0.4 is 0 Å². The van der Waals surface area contributed by atoms with E-state index in [2.05, 4.69) is 13.8 Å². The molecule has 0 saturated heterocycles. The number of fused-ring (bicyclic) bond motifs is 5. The first kappa shape index (κ1) is 16.5. The van der Waals surface area contributed by atoms with Gasteiger partial charge in [-0.05, 0) is 68.8 Å². The molecule has 3 unspecified atom stereocenters. The molecule has 0 aromatic heterocycles. The number of carbonyl (C=O) groups excluding carboxylic acids is 2. The van der Waals surface area contributed by atoms with E-state index in [9.17, 15) is 9.59 Å². The molecule has 132 valence electrons. The molecule has 3 heteroatoms. The smallest absolute Gasteiger partial charge is 0.159 e. The molecule has 0 bridgehead atoms. The quantitative estimate of drug-likeness (QED) is 0.765. The second-order valence-corrected chi connectivity index (χ2v) is 8.97. The van der Waals surface area contributed by atoms with Crippen molar-refractivity contribution in [2.24, 2.45) is 28.6 Å². The maximum atomic E-state index is 13.1. The molecule has 0 heterocycles. The van der Waals surface area contributed by atoms with Crippen LogP contribution in [0, 0.1) is 28.6 Å². The third-order valence-corrected chi connectivity index (χ3v) is 8.01. The van der Waals surface area contributed by atoms with Crippen molar-refractivity contribution < 1.29 is 14.3 Å². The van der Waals surface area contributed by atoms with Crippen molar-refractivity contribution in [3.63, 3.8) is 0 Å². The van der Waals surface area contributed by atoms with Crippen LogP contribution in [-0.2, 0) is 14.3 Å². The lowest BCUT2D eigenvalue weighted by Gasteiger charge is -2.56. The minimum absolute atomic E-state index is 0.0765. The van der Waals surface area contributed by atoms with Crippen molar-refractivity contribution in [2.45, 2.75) is 71.8 Å². The predicted octanol–water partition coefficient (Wildman–Crippen LogP) is 4.10. The monoisotopic (exact) mass is 330 g/mol. The zero-order valence-electron chi connectivity index (χ0n) is 15.3. The van der Waals surface area contributed by atoms with Gasteiger partial charge in [0.25, 0.3) is 0 Å². The summed E-state index contributed by atoms with van der Waals surface area (Å²) in [6.45, 7) is 7.30. The Morgan fingerprint density at radius 2 is 1.79 bits per heavy atom. The molecule has 3 fully saturated rings. The standard InChI is InChI=1S/C21H30O3/c1-4-24-14-7-9-20(2)13(11-14)12-17(22)19-15-5-6-18(23)21(15,3)10-8-16(19)20/h12,14-16,19H,4-11H2,1-3H3/t14-,15?,16?,19?,20-,21-/m0/s1. The fraction of sp³-hybridized carbons (Fsp3) is 0.810. The molecule has 6 atom stereocenters. The molecule has 3 saturated carbocycles. The van der Waals surface area contributed by atoms with Gasteiger partial charge in [0, 0.05) is 24.4 Å². The van der Waals surface area contributed by atoms with E-state index in [4.69, 9.17) is 4.74 Å². The molecule has 0 radical (unpaired) electrons. The lowest BCUT2D eigenvalue weighted by Crippen LogP contribution is -2.53. The molecule has 0 aliphatic heterocycles. The highest BCUT2D eigenvalue weighted by Gasteiger charge is 2.60. The average Bonchev–Trinajstić information content (AvgIpc) is 2.85. The highest BCUT2D eigenvalue weighted by molar-refractivity contribution is 5.96. The minimum Gasteiger partial charge on any atom is -0.378 e. The van der Waals surface area contributed by atoms with Crippen LogP contribution in [0.1, 0.15) is 65.7 Å². The number of carbonyl (C=O) groups is 2. The minimum atomic E-state index is -0.235. The van der Waals surface area contributed by atoms with Crippen LogP contribution in [0.3, 0.4) is 0 Å². The molecule has 4 aliphatic rings. The largest absolute Gasteiger partial charge is 0.378 e. The Balaban J connectivity index is 1.68. The SMILES string of the molecule is CCO[C@H]1CC[C@@]2(C)C(=CC(=O)C3C2CC[C@]2(C)C(=O)CCC32)C1. The lowest BCUT2D eigenvalue weighted by molar-refractivity contribution is -0.140. The molecular weight excluding hydrogens is 300 g/mol. The summed E-state index contributed by atoms with van der Waals surface area (Å²) < 4.78 is 5.85. The molecule has 0 amide bonds. The van der Waals surface area contributed by atoms with Crippen LogP contribution in [-0.4, -0.2) is 24.3 Å². The Bertz CT molecular complexity index is 606. The summed E-state index contributed by atoms with van der Waals surface area (Å²) >= 11 is 0. The van der Waals surface area contributed by atoms with Crippen LogP contribution in [0.2, 0.25) is 0 Å². The summed E-state index contributed by atoms with van der Waals surface area (Å²) in [7, 11) is 0.